The van der Waals surface area contributed by atoms with Gasteiger partial charge in [0.2, 0.25) is 0 Å². The van der Waals surface area contributed by atoms with Crippen molar-refractivity contribution in [3.8, 4) is 0 Å². The molecule has 1 N–H and O–H groups in total. The summed E-state index contributed by atoms with van der Waals surface area (Å²) in [6, 6.07) is 8.07. The van der Waals surface area contributed by atoms with Crippen molar-refractivity contribution >= 4 is 0 Å². The molecule has 0 aromatic heterocycles. The van der Waals surface area contributed by atoms with E-state index in [2.05, 4.69) is 0 Å². The van der Waals surface area contributed by atoms with E-state index in [1.807, 2.05) is 52.0 Å². The van der Waals surface area contributed by atoms with Crippen molar-refractivity contribution in [3.63, 3.8) is 0 Å². The van der Waals surface area contributed by atoms with Gasteiger partial charge in [-0.05, 0) is 33.3 Å². The number of hydrogen-bond donors (Lipinski definition) is 1. The molecule has 0 aliphatic rings. The molecule has 0 heterocycles. The highest BCUT2D eigenvalue weighted by Gasteiger charge is 2.19. The number of aryl methyl sites for hydroxylation is 1. The lowest BCUT2D eigenvalue weighted by Gasteiger charge is -2.26. The van der Waals surface area contributed by atoms with Crippen molar-refractivity contribution in [3.05, 3.63) is 35.4 Å². The molecule has 0 amide bonds. The molecule has 0 bridgehead atoms. The van der Waals surface area contributed by atoms with Crippen LogP contribution in [0.2, 0.25) is 0 Å². The summed E-state index contributed by atoms with van der Waals surface area (Å²) >= 11 is 0. The molecule has 0 unspecified atom stereocenters. The van der Waals surface area contributed by atoms with E-state index in [0.29, 0.717) is 0 Å². The summed E-state index contributed by atoms with van der Waals surface area (Å²) in [4.78, 5) is 0. The van der Waals surface area contributed by atoms with Gasteiger partial charge in [-0.2, -0.15) is 0 Å². The van der Waals surface area contributed by atoms with Crippen LogP contribution < -0.4 is 0 Å². The van der Waals surface area contributed by atoms with Gasteiger partial charge in [0.15, 0.2) is 0 Å². The van der Waals surface area contributed by atoms with E-state index in [1.165, 1.54) is 5.56 Å². The molecule has 0 aliphatic heterocycles. The van der Waals surface area contributed by atoms with Crippen LogP contribution in [-0.4, -0.2) is 17.3 Å². The Bertz CT molecular complexity index is 295. The van der Waals surface area contributed by atoms with Crippen LogP contribution in [0.3, 0.4) is 0 Å². The van der Waals surface area contributed by atoms with Crippen LogP contribution in [0.5, 0.6) is 0 Å². The van der Waals surface area contributed by atoms with Crippen LogP contribution in [0.25, 0.3) is 0 Å². The van der Waals surface area contributed by atoms with E-state index in [4.69, 9.17) is 4.74 Å². The first-order chi connectivity index (χ1) is 6.92. The summed E-state index contributed by atoms with van der Waals surface area (Å²) in [5.41, 5.74) is 2.00. The molecule has 0 spiro atoms. The summed E-state index contributed by atoms with van der Waals surface area (Å²) in [6.45, 7) is 8.03. The number of benzene rings is 1. The Morgan fingerprint density at radius 3 is 2.13 bits per heavy atom. The quantitative estimate of drug-likeness (QED) is 0.827. The molecule has 84 valence electrons. The summed E-state index contributed by atoms with van der Waals surface area (Å²) in [5.74, 6) is 0. The zero-order valence-corrected chi connectivity index (χ0v) is 9.95. The van der Waals surface area contributed by atoms with Crippen LogP contribution >= 0.6 is 0 Å². The Kier molecular flexibility index (Phi) is 3.89. The number of ether oxygens (including phenoxy) is 1. The maximum absolute atomic E-state index is 9.29. The van der Waals surface area contributed by atoms with Crippen molar-refractivity contribution < 1.29 is 9.84 Å². The highest BCUT2D eigenvalue weighted by Crippen LogP contribution is 2.23. The van der Waals surface area contributed by atoms with E-state index in [-0.39, 0.29) is 18.3 Å². The fourth-order valence-electron chi connectivity index (χ4n) is 1.42. The Labute approximate surface area is 91.9 Å². The van der Waals surface area contributed by atoms with Gasteiger partial charge in [0, 0.05) is 0 Å². The van der Waals surface area contributed by atoms with Crippen LogP contribution in [0.1, 0.15) is 38.0 Å². The van der Waals surface area contributed by atoms with Gasteiger partial charge in [-0.25, -0.2) is 0 Å². The Morgan fingerprint density at radius 2 is 1.73 bits per heavy atom. The lowest BCUT2D eigenvalue weighted by atomic mass is 10.1. The fourth-order valence-corrected chi connectivity index (χ4v) is 1.42. The number of rotatable bonds is 3. The highest BCUT2D eigenvalue weighted by molar-refractivity contribution is 5.23. The second kappa shape index (κ2) is 4.77. The largest absolute Gasteiger partial charge is 0.393 e. The molecule has 1 aromatic carbocycles. The molecule has 0 radical (unpaired) electrons. The predicted molar refractivity (Wildman–Crippen MR) is 61.8 cm³/mol. The minimum absolute atomic E-state index is 0.0142. The Balaban J connectivity index is 2.79. The normalized spacial score (nSPS) is 13.9. The highest BCUT2D eigenvalue weighted by atomic mass is 16.5. The third-order valence-corrected chi connectivity index (χ3v) is 2.11. The summed E-state index contributed by atoms with van der Waals surface area (Å²) in [6.07, 6.45) is -0.231. The zero-order valence-electron chi connectivity index (χ0n) is 9.95. The first kappa shape index (κ1) is 12.2. The number of hydrogen-bond acceptors (Lipinski definition) is 2. The molecular weight excluding hydrogens is 188 g/mol. The smallest absolute Gasteiger partial charge is 0.106 e. The van der Waals surface area contributed by atoms with E-state index in [9.17, 15) is 5.11 Å². The molecule has 0 saturated carbocycles. The van der Waals surface area contributed by atoms with Gasteiger partial charge in [0.1, 0.15) is 6.10 Å². The average molecular weight is 208 g/mol. The van der Waals surface area contributed by atoms with Crippen LogP contribution in [-0.2, 0) is 4.74 Å². The standard InChI is InChI=1S/C13H20O2/c1-10-5-7-11(8-6-10)12(9-14)15-13(2,3)4/h5-8,12,14H,9H2,1-4H3/t12-/m0/s1. The van der Waals surface area contributed by atoms with Gasteiger partial charge in [-0.1, -0.05) is 29.8 Å². The van der Waals surface area contributed by atoms with Gasteiger partial charge in [-0.3, -0.25) is 0 Å². The van der Waals surface area contributed by atoms with Crippen molar-refractivity contribution in [1.82, 2.24) is 0 Å². The van der Waals surface area contributed by atoms with Crippen LogP contribution in [0.4, 0.5) is 0 Å². The van der Waals surface area contributed by atoms with Crippen molar-refractivity contribution in [2.45, 2.75) is 39.4 Å². The molecule has 2 nitrogen and oxygen atoms in total. The zero-order chi connectivity index (χ0) is 11.5. The molecule has 0 aliphatic carbocycles. The maximum Gasteiger partial charge on any atom is 0.106 e. The lowest BCUT2D eigenvalue weighted by molar-refractivity contribution is -0.0822. The first-order valence-electron chi connectivity index (χ1n) is 5.27. The lowest BCUT2D eigenvalue weighted by Crippen LogP contribution is -2.24. The number of aliphatic hydroxyl groups excluding tert-OH is 1. The predicted octanol–water partition coefficient (Wildman–Crippen LogP) is 2.84. The molecule has 2 heteroatoms. The molecule has 0 fully saturated rings. The summed E-state index contributed by atoms with van der Waals surface area (Å²) in [7, 11) is 0. The van der Waals surface area contributed by atoms with E-state index in [1.54, 1.807) is 0 Å². The minimum Gasteiger partial charge on any atom is -0.393 e. The Morgan fingerprint density at radius 1 is 1.20 bits per heavy atom. The van der Waals surface area contributed by atoms with Gasteiger partial charge in [0.25, 0.3) is 0 Å². The summed E-state index contributed by atoms with van der Waals surface area (Å²) in [5, 5.41) is 9.29. The second-order valence-corrected chi connectivity index (χ2v) is 4.81. The maximum atomic E-state index is 9.29. The van der Waals surface area contributed by atoms with E-state index >= 15 is 0 Å². The summed E-state index contributed by atoms with van der Waals surface area (Å²) < 4.78 is 5.76. The number of aliphatic hydroxyl groups is 1. The first-order valence-corrected chi connectivity index (χ1v) is 5.27. The fraction of sp³-hybridized carbons (Fsp3) is 0.538. The van der Waals surface area contributed by atoms with Crippen molar-refractivity contribution in [1.29, 1.82) is 0 Å². The third kappa shape index (κ3) is 4.02. The van der Waals surface area contributed by atoms with E-state index < -0.39 is 0 Å². The minimum atomic E-state index is -0.238. The van der Waals surface area contributed by atoms with Gasteiger partial charge < -0.3 is 9.84 Å². The van der Waals surface area contributed by atoms with Gasteiger partial charge in [0.05, 0.1) is 12.2 Å². The monoisotopic (exact) mass is 208 g/mol. The SMILES string of the molecule is Cc1ccc([C@H](CO)OC(C)(C)C)cc1. The second-order valence-electron chi connectivity index (χ2n) is 4.81. The van der Waals surface area contributed by atoms with Crippen LogP contribution in [0.15, 0.2) is 24.3 Å². The topological polar surface area (TPSA) is 29.5 Å². The molecule has 15 heavy (non-hydrogen) atoms. The van der Waals surface area contributed by atoms with Gasteiger partial charge in [-0.15, -0.1) is 0 Å². The average Bonchev–Trinajstić information content (AvgIpc) is 2.14. The van der Waals surface area contributed by atoms with Crippen molar-refractivity contribution in [2.75, 3.05) is 6.61 Å². The molecule has 1 aromatic rings. The van der Waals surface area contributed by atoms with E-state index in [0.717, 1.165) is 5.56 Å². The molecular formula is C13H20O2. The van der Waals surface area contributed by atoms with Crippen molar-refractivity contribution in [2.24, 2.45) is 0 Å². The molecule has 1 atom stereocenters. The molecule has 1 rings (SSSR count). The molecule has 0 saturated heterocycles. The van der Waals surface area contributed by atoms with Gasteiger partial charge >= 0.3 is 0 Å². The van der Waals surface area contributed by atoms with Crippen LogP contribution in [0, 0.1) is 6.92 Å². The Hall–Kier alpha value is -0.860. The third-order valence-electron chi connectivity index (χ3n) is 2.11.